The van der Waals surface area contributed by atoms with E-state index in [1.54, 1.807) is 4.90 Å². The van der Waals surface area contributed by atoms with E-state index in [4.69, 9.17) is 0 Å². The molecule has 2 atom stereocenters. The Morgan fingerprint density at radius 1 is 1.41 bits per heavy atom. The molecule has 120 valence electrons. The summed E-state index contributed by atoms with van der Waals surface area (Å²) in [4.78, 5) is 30.1. The molecule has 2 amide bonds. The van der Waals surface area contributed by atoms with Crippen LogP contribution in [0.5, 0.6) is 0 Å². The third-order valence-corrected chi connectivity index (χ3v) is 5.56. The number of carbonyl (C=O) groups excluding carboxylic acids is 2. The Kier molecular flexibility index (Phi) is 4.76. The van der Waals surface area contributed by atoms with Crippen molar-refractivity contribution in [2.75, 3.05) is 11.4 Å². The Morgan fingerprint density at radius 2 is 2.23 bits per heavy atom. The van der Waals surface area contributed by atoms with Crippen LogP contribution in [0.2, 0.25) is 0 Å². The summed E-state index contributed by atoms with van der Waals surface area (Å²) >= 11 is 1.45. The fourth-order valence-electron chi connectivity index (χ4n) is 3.30. The Bertz CT molecular complexity index is 557. The summed E-state index contributed by atoms with van der Waals surface area (Å²) in [5.74, 6) is 0.746. The normalized spacial score (nSPS) is 25.5. The van der Waals surface area contributed by atoms with E-state index in [0.717, 1.165) is 30.2 Å². The second kappa shape index (κ2) is 6.77. The van der Waals surface area contributed by atoms with Crippen LogP contribution in [0.15, 0.2) is 5.38 Å². The van der Waals surface area contributed by atoms with E-state index in [9.17, 15) is 9.59 Å². The number of hydrogen-bond acceptors (Lipinski definition) is 4. The number of anilines is 1. The minimum absolute atomic E-state index is 0.0448. The van der Waals surface area contributed by atoms with Crippen LogP contribution in [0.25, 0.3) is 0 Å². The average Bonchev–Trinajstić information content (AvgIpc) is 3.10. The first-order valence-electron chi connectivity index (χ1n) is 8.17. The fourth-order valence-corrected chi connectivity index (χ4v) is 4.17. The molecule has 2 heterocycles. The Labute approximate surface area is 135 Å². The zero-order chi connectivity index (χ0) is 15.5. The maximum atomic E-state index is 12.2. The molecule has 1 aromatic rings. The molecule has 1 saturated carbocycles. The summed E-state index contributed by atoms with van der Waals surface area (Å²) in [5, 5.41) is 5.78. The van der Waals surface area contributed by atoms with Crippen molar-refractivity contribution in [3.63, 3.8) is 0 Å². The summed E-state index contributed by atoms with van der Waals surface area (Å²) in [6.07, 6.45) is 6.56. The lowest BCUT2D eigenvalue weighted by molar-refractivity contribution is -0.121. The quantitative estimate of drug-likeness (QED) is 0.927. The molecule has 1 saturated heterocycles. The minimum atomic E-state index is 0.0448. The first-order chi connectivity index (χ1) is 10.6. The molecule has 1 aliphatic carbocycles. The molecular weight excluding hydrogens is 298 g/mol. The van der Waals surface area contributed by atoms with Crippen LogP contribution >= 0.6 is 11.3 Å². The molecule has 0 spiro atoms. The van der Waals surface area contributed by atoms with Crippen LogP contribution < -0.4 is 10.2 Å². The van der Waals surface area contributed by atoms with Gasteiger partial charge in [-0.05, 0) is 25.2 Å². The van der Waals surface area contributed by atoms with Gasteiger partial charge in [-0.2, -0.15) is 0 Å². The van der Waals surface area contributed by atoms with Crippen molar-refractivity contribution < 1.29 is 9.59 Å². The monoisotopic (exact) mass is 321 g/mol. The highest BCUT2D eigenvalue weighted by atomic mass is 32.1. The van der Waals surface area contributed by atoms with Gasteiger partial charge in [0.25, 0.3) is 0 Å². The van der Waals surface area contributed by atoms with Gasteiger partial charge in [-0.3, -0.25) is 14.5 Å². The van der Waals surface area contributed by atoms with Gasteiger partial charge in [0.15, 0.2) is 5.13 Å². The molecule has 0 aromatic carbocycles. The number of hydrogen-bond donors (Lipinski definition) is 1. The zero-order valence-electron chi connectivity index (χ0n) is 13.0. The van der Waals surface area contributed by atoms with Crippen LogP contribution in [0.3, 0.4) is 0 Å². The maximum Gasteiger partial charge on any atom is 0.228 e. The van der Waals surface area contributed by atoms with Gasteiger partial charge >= 0.3 is 0 Å². The van der Waals surface area contributed by atoms with Gasteiger partial charge in [0.1, 0.15) is 0 Å². The minimum Gasteiger partial charge on any atom is -0.353 e. The SMILES string of the molecule is C[C@@H]1CCCC[C@@H]1NC(=O)Cc1csc(N2CCCC2=O)n1. The molecule has 1 aliphatic heterocycles. The molecule has 6 heteroatoms. The van der Waals surface area contributed by atoms with Crippen LogP contribution in [0.4, 0.5) is 5.13 Å². The second-order valence-corrected chi connectivity index (χ2v) is 7.22. The molecule has 1 N–H and O–H groups in total. The van der Waals surface area contributed by atoms with Gasteiger partial charge in [-0.25, -0.2) is 4.98 Å². The molecule has 0 unspecified atom stereocenters. The van der Waals surface area contributed by atoms with Crippen molar-refractivity contribution in [1.29, 1.82) is 0 Å². The van der Waals surface area contributed by atoms with Gasteiger partial charge < -0.3 is 5.32 Å². The van der Waals surface area contributed by atoms with Gasteiger partial charge in [0, 0.05) is 24.4 Å². The van der Waals surface area contributed by atoms with Crippen molar-refractivity contribution in [2.24, 2.45) is 5.92 Å². The molecule has 0 radical (unpaired) electrons. The van der Waals surface area contributed by atoms with Gasteiger partial charge in [0.05, 0.1) is 12.1 Å². The van der Waals surface area contributed by atoms with Crippen LogP contribution in [0.1, 0.15) is 51.1 Å². The van der Waals surface area contributed by atoms with Crippen molar-refractivity contribution in [3.05, 3.63) is 11.1 Å². The predicted molar refractivity (Wildman–Crippen MR) is 87.0 cm³/mol. The van der Waals surface area contributed by atoms with Gasteiger partial charge in [-0.15, -0.1) is 11.3 Å². The highest BCUT2D eigenvalue weighted by Crippen LogP contribution is 2.26. The van der Waals surface area contributed by atoms with E-state index in [2.05, 4.69) is 17.2 Å². The number of aromatic nitrogens is 1. The van der Waals surface area contributed by atoms with Gasteiger partial charge in [-0.1, -0.05) is 19.8 Å². The van der Waals surface area contributed by atoms with Crippen molar-refractivity contribution >= 4 is 28.3 Å². The number of nitrogens with zero attached hydrogens (tertiary/aromatic N) is 2. The molecule has 2 fully saturated rings. The summed E-state index contributed by atoms with van der Waals surface area (Å²) in [6, 6.07) is 0.305. The molecule has 2 aliphatic rings. The van der Waals surface area contributed by atoms with E-state index in [1.807, 2.05) is 5.38 Å². The predicted octanol–water partition coefficient (Wildman–Crippen LogP) is 2.51. The summed E-state index contributed by atoms with van der Waals surface area (Å²) in [5.41, 5.74) is 0.765. The lowest BCUT2D eigenvalue weighted by Crippen LogP contribution is -2.41. The van der Waals surface area contributed by atoms with E-state index in [0.29, 0.717) is 24.8 Å². The highest BCUT2D eigenvalue weighted by Gasteiger charge is 2.25. The van der Waals surface area contributed by atoms with E-state index < -0.39 is 0 Å². The maximum absolute atomic E-state index is 12.2. The first-order valence-corrected chi connectivity index (χ1v) is 9.05. The Balaban J connectivity index is 1.55. The Hall–Kier alpha value is -1.43. The van der Waals surface area contributed by atoms with Gasteiger partial charge in [0.2, 0.25) is 11.8 Å². The number of nitrogens with one attached hydrogen (secondary N) is 1. The van der Waals surface area contributed by atoms with Crippen molar-refractivity contribution in [1.82, 2.24) is 10.3 Å². The number of thiazole rings is 1. The molecule has 3 rings (SSSR count). The molecular formula is C16H23N3O2S. The molecule has 0 bridgehead atoms. The number of carbonyl (C=O) groups is 2. The first kappa shape index (κ1) is 15.5. The van der Waals surface area contributed by atoms with Crippen LogP contribution in [-0.2, 0) is 16.0 Å². The van der Waals surface area contributed by atoms with Crippen LogP contribution in [-0.4, -0.2) is 29.4 Å². The summed E-state index contributed by atoms with van der Waals surface area (Å²) in [6.45, 7) is 2.96. The largest absolute Gasteiger partial charge is 0.353 e. The highest BCUT2D eigenvalue weighted by molar-refractivity contribution is 7.14. The lowest BCUT2D eigenvalue weighted by atomic mass is 9.86. The molecule has 22 heavy (non-hydrogen) atoms. The summed E-state index contributed by atoms with van der Waals surface area (Å²) in [7, 11) is 0. The van der Waals surface area contributed by atoms with Crippen molar-refractivity contribution in [3.8, 4) is 0 Å². The lowest BCUT2D eigenvalue weighted by Gasteiger charge is -2.29. The molecule has 1 aromatic heterocycles. The Morgan fingerprint density at radius 3 is 2.95 bits per heavy atom. The van der Waals surface area contributed by atoms with E-state index >= 15 is 0 Å². The van der Waals surface area contributed by atoms with E-state index in [-0.39, 0.29) is 11.8 Å². The zero-order valence-corrected chi connectivity index (χ0v) is 13.8. The summed E-state index contributed by atoms with van der Waals surface area (Å²) < 4.78 is 0. The van der Waals surface area contributed by atoms with E-state index in [1.165, 1.54) is 30.6 Å². The topological polar surface area (TPSA) is 62.3 Å². The molecule has 5 nitrogen and oxygen atoms in total. The number of rotatable bonds is 4. The smallest absolute Gasteiger partial charge is 0.228 e. The third-order valence-electron chi connectivity index (χ3n) is 4.64. The van der Waals surface area contributed by atoms with Crippen molar-refractivity contribution in [2.45, 2.75) is 57.9 Å². The van der Waals surface area contributed by atoms with Crippen LogP contribution in [0, 0.1) is 5.92 Å². The number of amides is 2. The third kappa shape index (κ3) is 3.48. The average molecular weight is 321 g/mol. The fraction of sp³-hybridized carbons (Fsp3) is 0.688. The standard InChI is InChI=1S/C16H23N3O2S/c1-11-5-2-3-6-13(11)18-14(20)9-12-10-22-16(17-12)19-8-4-7-15(19)21/h10-11,13H,2-9H2,1H3,(H,18,20)/t11-,13+/m1/s1. The second-order valence-electron chi connectivity index (χ2n) is 6.38.